The Kier molecular flexibility index (Phi) is 4.84. The number of nitrogens with zero attached hydrogens (tertiary/aromatic N) is 2. The maximum atomic E-state index is 11.7. The second-order valence-corrected chi connectivity index (χ2v) is 7.24. The number of aromatic nitrogens is 2. The smallest absolute Gasteiger partial charge is 0.357 e. The van der Waals surface area contributed by atoms with Gasteiger partial charge in [0.15, 0.2) is 5.69 Å². The van der Waals surface area contributed by atoms with Gasteiger partial charge in [0.2, 0.25) is 0 Å². The molecule has 0 aliphatic rings. The van der Waals surface area contributed by atoms with Crippen molar-refractivity contribution in [2.45, 2.75) is 5.54 Å². The summed E-state index contributed by atoms with van der Waals surface area (Å²) in [6, 6.07) is 30.0. The quantitative estimate of drug-likeness (QED) is 0.441. The average Bonchev–Trinajstić information content (AvgIpc) is 3.13. The van der Waals surface area contributed by atoms with E-state index in [0.717, 1.165) is 16.7 Å². The number of carboxylic acids is 1. The van der Waals surface area contributed by atoms with E-state index in [-0.39, 0.29) is 5.69 Å². The number of aromatic carboxylic acids is 1. The van der Waals surface area contributed by atoms with Crippen LogP contribution in [0.4, 0.5) is 0 Å². The minimum atomic E-state index is -1.08. The van der Waals surface area contributed by atoms with Crippen LogP contribution in [-0.4, -0.2) is 20.9 Å². The van der Waals surface area contributed by atoms with E-state index < -0.39 is 11.5 Å². The fourth-order valence-electron chi connectivity index (χ4n) is 3.60. The summed E-state index contributed by atoms with van der Waals surface area (Å²) < 4.78 is 2.17. The SMILES string of the molecule is O=C(O)c1nn(C(c2ccccc2)(c2ccccc2)c2ccccc2)cc1Br. The number of carbonyl (C=O) groups is 1. The molecule has 138 valence electrons. The van der Waals surface area contributed by atoms with Crippen LogP contribution in [0, 0.1) is 0 Å². The van der Waals surface area contributed by atoms with Crippen LogP contribution in [0.3, 0.4) is 0 Å². The van der Waals surface area contributed by atoms with Crippen LogP contribution in [0.25, 0.3) is 0 Å². The van der Waals surface area contributed by atoms with E-state index in [1.165, 1.54) is 0 Å². The van der Waals surface area contributed by atoms with E-state index in [1.807, 2.05) is 91.0 Å². The molecule has 0 aliphatic heterocycles. The Hall–Kier alpha value is -3.18. The fraction of sp³-hybridized carbons (Fsp3) is 0.0435. The lowest BCUT2D eigenvalue weighted by Crippen LogP contribution is -2.38. The molecule has 28 heavy (non-hydrogen) atoms. The summed E-state index contributed by atoms with van der Waals surface area (Å²) in [4.78, 5) is 11.7. The third kappa shape index (κ3) is 2.94. The third-order valence-electron chi connectivity index (χ3n) is 4.79. The second kappa shape index (κ2) is 7.44. The Labute approximate surface area is 171 Å². The molecule has 5 heteroatoms. The Bertz CT molecular complexity index is 997. The molecule has 0 fully saturated rings. The predicted molar refractivity (Wildman–Crippen MR) is 111 cm³/mol. The molecule has 1 aromatic heterocycles. The van der Waals surface area contributed by atoms with Crippen molar-refractivity contribution in [3.63, 3.8) is 0 Å². The van der Waals surface area contributed by atoms with Gasteiger partial charge in [0.1, 0.15) is 5.54 Å². The summed E-state index contributed by atoms with van der Waals surface area (Å²) in [5, 5.41) is 14.0. The van der Waals surface area contributed by atoms with Crippen molar-refractivity contribution in [2.75, 3.05) is 0 Å². The van der Waals surface area contributed by atoms with Crippen LogP contribution in [-0.2, 0) is 5.54 Å². The lowest BCUT2D eigenvalue weighted by molar-refractivity contribution is 0.0688. The van der Waals surface area contributed by atoms with Crippen LogP contribution in [0.1, 0.15) is 27.2 Å². The number of carboxylic acid groups (broad SMARTS) is 1. The predicted octanol–water partition coefficient (Wildman–Crippen LogP) is 5.18. The van der Waals surface area contributed by atoms with Gasteiger partial charge in [0.05, 0.1) is 4.47 Å². The van der Waals surface area contributed by atoms with Gasteiger partial charge in [-0.1, -0.05) is 91.0 Å². The van der Waals surface area contributed by atoms with E-state index in [9.17, 15) is 9.90 Å². The Morgan fingerprint density at radius 3 is 1.50 bits per heavy atom. The highest BCUT2D eigenvalue weighted by Crippen LogP contribution is 2.41. The molecule has 0 saturated heterocycles. The van der Waals surface area contributed by atoms with Gasteiger partial charge in [0.25, 0.3) is 0 Å². The second-order valence-electron chi connectivity index (χ2n) is 6.38. The topological polar surface area (TPSA) is 55.1 Å². The van der Waals surface area contributed by atoms with Crippen LogP contribution in [0.5, 0.6) is 0 Å². The highest BCUT2D eigenvalue weighted by atomic mass is 79.9. The molecule has 0 amide bonds. The average molecular weight is 433 g/mol. The first-order chi connectivity index (χ1) is 13.6. The molecule has 4 aromatic rings. The number of hydrogen-bond acceptors (Lipinski definition) is 2. The lowest BCUT2D eigenvalue weighted by atomic mass is 9.77. The van der Waals surface area contributed by atoms with Crippen molar-refractivity contribution >= 4 is 21.9 Å². The van der Waals surface area contributed by atoms with Crippen molar-refractivity contribution in [3.05, 3.63) is 124 Å². The largest absolute Gasteiger partial charge is 0.476 e. The van der Waals surface area contributed by atoms with Crippen LogP contribution in [0.2, 0.25) is 0 Å². The number of halogens is 1. The zero-order valence-corrected chi connectivity index (χ0v) is 16.5. The molecule has 3 aromatic carbocycles. The molecular weight excluding hydrogens is 416 g/mol. The molecule has 0 saturated carbocycles. The molecule has 0 aliphatic carbocycles. The van der Waals surface area contributed by atoms with Gasteiger partial charge in [-0.05, 0) is 32.6 Å². The van der Waals surface area contributed by atoms with E-state index in [4.69, 9.17) is 0 Å². The highest BCUT2D eigenvalue weighted by molar-refractivity contribution is 9.10. The van der Waals surface area contributed by atoms with E-state index in [1.54, 1.807) is 10.9 Å². The van der Waals surface area contributed by atoms with Crippen molar-refractivity contribution in [3.8, 4) is 0 Å². The van der Waals surface area contributed by atoms with Crippen molar-refractivity contribution in [2.24, 2.45) is 0 Å². The first-order valence-electron chi connectivity index (χ1n) is 8.79. The minimum Gasteiger partial charge on any atom is -0.476 e. The van der Waals surface area contributed by atoms with Crippen LogP contribution >= 0.6 is 15.9 Å². The monoisotopic (exact) mass is 432 g/mol. The van der Waals surface area contributed by atoms with Gasteiger partial charge in [-0.15, -0.1) is 0 Å². The zero-order valence-electron chi connectivity index (χ0n) is 14.9. The van der Waals surface area contributed by atoms with E-state index >= 15 is 0 Å². The maximum absolute atomic E-state index is 11.7. The van der Waals surface area contributed by atoms with Gasteiger partial charge in [-0.3, -0.25) is 4.68 Å². The minimum absolute atomic E-state index is 0.0211. The van der Waals surface area contributed by atoms with Gasteiger partial charge in [-0.25, -0.2) is 4.79 Å². The molecule has 0 bridgehead atoms. The molecule has 4 rings (SSSR count). The Morgan fingerprint density at radius 1 is 0.786 bits per heavy atom. The van der Waals surface area contributed by atoms with Crippen molar-refractivity contribution in [1.29, 1.82) is 0 Å². The van der Waals surface area contributed by atoms with Gasteiger partial charge < -0.3 is 5.11 Å². The van der Waals surface area contributed by atoms with E-state index in [0.29, 0.717) is 4.47 Å². The van der Waals surface area contributed by atoms with E-state index in [2.05, 4.69) is 21.0 Å². The van der Waals surface area contributed by atoms with Crippen molar-refractivity contribution < 1.29 is 9.90 Å². The summed E-state index contributed by atoms with van der Waals surface area (Å²) in [6.07, 6.45) is 1.73. The van der Waals surface area contributed by atoms with Gasteiger partial charge in [0, 0.05) is 6.20 Å². The fourth-order valence-corrected chi connectivity index (χ4v) is 4.05. The summed E-state index contributed by atoms with van der Waals surface area (Å²) >= 11 is 3.36. The summed E-state index contributed by atoms with van der Waals surface area (Å²) in [7, 11) is 0. The third-order valence-corrected chi connectivity index (χ3v) is 5.37. The molecule has 0 spiro atoms. The lowest BCUT2D eigenvalue weighted by Gasteiger charge is -2.36. The molecule has 4 nitrogen and oxygen atoms in total. The summed E-state index contributed by atoms with van der Waals surface area (Å²) in [5.41, 5.74) is 2.12. The Balaban J connectivity index is 2.13. The maximum Gasteiger partial charge on any atom is 0.357 e. The first-order valence-corrected chi connectivity index (χ1v) is 9.59. The molecule has 1 N–H and O–H groups in total. The summed E-state index contributed by atoms with van der Waals surface area (Å²) in [6.45, 7) is 0. The number of rotatable bonds is 5. The molecule has 0 unspecified atom stereocenters. The Morgan fingerprint density at radius 2 is 1.18 bits per heavy atom. The highest BCUT2D eigenvalue weighted by Gasteiger charge is 2.40. The first kappa shape index (κ1) is 18.2. The molecule has 0 radical (unpaired) electrons. The van der Waals surface area contributed by atoms with Crippen LogP contribution in [0.15, 0.2) is 102 Å². The summed E-state index contributed by atoms with van der Waals surface area (Å²) in [5.74, 6) is -1.08. The van der Waals surface area contributed by atoms with Crippen molar-refractivity contribution in [1.82, 2.24) is 9.78 Å². The molecular formula is C23H17BrN2O2. The zero-order chi connectivity index (χ0) is 19.6. The van der Waals surface area contributed by atoms with Crippen LogP contribution < -0.4 is 0 Å². The number of benzene rings is 3. The standard InChI is InChI=1S/C23H17BrN2O2/c24-20-16-26(25-21(20)22(27)28)23(17-10-4-1-5-11-17,18-12-6-2-7-13-18)19-14-8-3-9-15-19/h1-16H,(H,27,28). The normalized spacial score (nSPS) is 11.3. The van der Waals surface area contributed by atoms with Gasteiger partial charge >= 0.3 is 5.97 Å². The molecule has 0 atom stereocenters. The molecule has 1 heterocycles. The number of hydrogen-bond donors (Lipinski definition) is 1. The van der Waals surface area contributed by atoms with Gasteiger partial charge in [-0.2, -0.15) is 5.10 Å².